The Morgan fingerprint density at radius 2 is 1.80 bits per heavy atom. The van der Waals surface area contributed by atoms with Gasteiger partial charge in [-0.2, -0.15) is 4.31 Å². The van der Waals surface area contributed by atoms with Crippen molar-refractivity contribution in [3.63, 3.8) is 0 Å². The number of rotatable bonds is 3. The number of aliphatic hydroxyl groups is 2. The van der Waals surface area contributed by atoms with Crippen LogP contribution >= 0.6 is 0 Å². The molecule has 2 rings (SSSR count). The van der Waals surface area contributed by atoms with Crippen LogP contribution in [0.3, 0.4) is 0 Å². The summed E-state index contributed by atoms with van der Waals surface area (Å²) in [5.74, 6) is -1.21. The van der Waals surface area contributed by atoms with Gasteiger partial charge in [0.1, 0.15) is 0 Å². The summed E-state index contributed by atoms with van der Waals surface area (Å²) < 4.78 is 25.6. The van der Waals surface area contributed by atoms with Crippen LogP contribution in [0.15, 0.2) is 23.1 Å². The van der Waals surface area contributed by atoms with Crippen molar-refractivity contribution in [1.29, 1.82) is 0 Å². The zero-order valence-corrected chi connectivity index (χ0v) is 11.5. The maximum atomic E-state index is 12.3. The number of hydrogen-bond acceptors (Lipinski definition) is 5. The number of nitrogens with zero attached hydrogens (tertiary/aromatic N) is 1. The van der Waals surface area contributed by atoms with E-state index in [4.69, 9.17) is 5.11 Å². The number of aryl methyl sites for hydroxylation is 1. The Kier molecular flexibility index (Phi) is 3.83. The molecule has 1 aliphatic rings. The molecule has 3 N–H and O–H groups in total. The monoisotopic (exact) mass is 301 g/mol. The molecular weight excluding hydrogens is 286 g/mol. The van der Waals surface area contributed by atoms with Gasteiger partial charge in [0.25, 0.3) is 0 Å². The van der Waals surface area contributed by atoms with Crippen molar-refractivity contribution in [2.75, 3.05) is 13.1 Å². The van der Waals surface area contributed by atoms with Crippen molar-refractivity contribution in [1.82, 2.24) is 4.31 Å². The Bertz CT molecular complexity index is 631. The molecule has 1 aliphatic heterocycles. The summed E-state index contributed by atoms with van der Waals surface area (Å²) in [6.45, 7) is 1.16. The molecule has 0 radical (unpaired) electrons. The number of aromatic carboxylic acids is 1. The average molecular weight is 301 g/mol. The first kappa shape index (κ1) is 14.9. The molecule has 1 aromatic carbocycles. The van der Waals surface area contributed by atoms with Crippen LogP contribution in [-0.2, 0) is 10.0 Å². The maximum absolute atomic E-state index is 12.3. The second-order valence-corrected chi connectivity index (χ2v) is 6.68. The van der Waals surface area contributed by atoms with Gasteiger partial charge in [0, 0.05) is 13.1 Å². The van der Waals surface area contributed by atoms with Gasteiger partial charge in [0.2, 0.25) is 10.0 Å². The molecule has 0 aromatic heterocycles. The normalized spacial score (nSPS) is 23.9. The molecule has 0 aliphatic carbocycles. The molecule has 20 heavy (non-hydrogen) atoms. The molecule has 8 heteroatoms. The Labute approximate surface area is 116 Å². The van der Waals surface area contributed by atoms with Gasteiger partial charge < -0.3 is 15.3 Å². The lowest BCUT2D eigenvalue weighted by Crippen LogP contribution is -2.30. The van der Waals surface area contributed by atoms with E-state index in [0.29, 0.717) is 5.56 Å². The second kappa shape index (κ2) is 5.13. The fraction of sp³-hybridized carbons (Fsp3) is 0.417. The van der Waals surface area contributed by atoms with Gasteiger partial charge in [0.05, 0.1) is 22.7 Å². The molecule has 1 fully saturated rings. The van der Waals surface area contributed by atoms with Crippen molar-refractivity contribution in [3.05, 3.63) is 29.3 Å². The Hall–Kier alpha value is -1.48. The third-order valence-corrected chi connectivity index (χ3v) is 5.13. The van der Waals surface area contributed by atoms with E-state index >= 15 is 0 Å². The van der Waals surface area contributed by atoms with Crippen molar-refractivity contribution in [2.45, 2.75) is 24.0 Å². The summed E-state index contributed by atoms with van der Waals surface area (Å²) in [6.07, 6.45) is -2.26. The average Bonchev–Trinajstić information content (AvgIpc) is 2.70. The molecule has 2 atom stereocenters. The van der Waals surface area contributed by atoms with Crippen molar-refractivity contribution in [2.24, 2.45) is 0 Å². The van der Waals surface area contributed by atoms with Gasteiger partial charge >= 0.3 is 5.97 Å². The lowest BCUT2D eigenvalue weighted by Gasteiger charge is -2.16. The lowest BCUT2D eigenvalue weighted by atomic mass is 10.1. The summed E-state index contributed by atoms with van der Waals surface area (Å²) in [5, 5.41) is 27.8. The number of carboxylic acids is 1. The van der Waals surface area contributed by atoms with Crippen LogP contribution in [0.25, 0.3) is 0 Å². The highest BCUT2D eigenvalue weighted by atomic mass is 32.2. The third-order valence-electron chi connectivity index (χ3n) is 3.30. The van der Waals surface area contributed by atoms with Crippen LogP contribution in [0, 0.1) is 6.92 Å². The maximum Gasteiger partial charge on any atom is 0.335 e. The lowest BCUT2D eigenvalue weighted by molar-refractivity contribution is 0.0572. The van der Waals surface area contributed by atoms with E-state index in [1.54, 1.807) is 6.92 Å². The molecule has 1 heterocycles. The van der Waals surface area contributed by atoms with E-state index in [9.17, 15) is 23.4 Å². The molecule has 2 unspecified atom stereocenters. The van der Waals surface area contributed by atoms with Crippen LogP contribution in [0.4, 0.5) is 0 Å². The number of β-amino-alcohol motifs (C(OH)–C–C–N with tert-alkyl or cyclic N) is 2. The SMILES string of the molecule is Cc1ccc(S(=O)(=O)N2CC(O)C(O)C2)cc1C(=O)O. The highest BCUT2D eigenvalue weighted by Crippen LogP contribution is 2.23. The van der Waals surface area contributed by atoms with Crippen LogP contribution in [0.1, 0.15) is 15.9 Å². The van der Waals surface area contributed by atoms with Crippen LogP contribution < -0.4 is 0 Å². The van der Waals surface area contributed by atoms with E-state index in [1.165, 1.54) is 12.1 Å². The molecule has 7 nitrogen and oxygen atoms in total. The number of hydrogen-bond donors (Lipinski definition) is 3. The molecule has 0 saturated carbocycles. The molecule has 110 valence electrons. The molecule has 0 spiro atoms. The molecule has 0 bridgehead atoms. The molecule has 1 aromatic rings. The minimum absolute atomic E-state index is 0.0913. The molecule has 1 saturated heterocycles. The first-order valence-electron chi connectivity index (χ1n) is 5.93. The summed E-state index contributed by atoms with van der Waals surface area (Å²) in [7, 11) is -3.93. The standard InChI is InChI=1S/C12H15NO6S/c1-7-2-3-8(4-9(7)12(16)17)20(18,19)13-5-10(14)11(15)6-13/h2-4,10-11,14-15H,5-6H2,1H3,(H,16,17). The van der Waals surface area contributed by atoms with Gasteiger partial charge in [-0.3, -0.25) is 0 Å². The van der Waals surface area contributed by atoms with Gasteiger partial charge in [-0.1, -0.05) is 6.07 Å². The van der Waals surface area contributed by atoms with Gasteiger partial charge in [-0.25, -0.2) is 13.2 Å². The van der Waals surface area contributed by atoms with Gasteiger partial charge in [-0.05, 0) is 24.6 Å². The Morgan fingerprint density at radius 3 is 2.30 bits per heavy atom. The molecule has 0 amide bonds. The van der Waals surface area contributed by atoms with E-state index in [2.05, 4.69) is 0 Å². The first-order chi connectivity index (χ1) is 9.23. The number of carboxylic acid groups (broad SMARTS) is 1. The second-order valence-electron chi connectivity index (χ2n) is 4.74. The van der Waals surface area contributed by atoms with E-state index in [1.807, 2.05) is 0 Å². The minimum atomic E-state index is -3.93. The quantitative estimate of drug-likeness (QED) is 0.688. The highest BCUT2D eigenvalue weighted by Gasteiger charge is 2.37. The van der Waals surface area contributed by atoms with Crippen LogP contribution in [0.5, 0.6) is 0 Å². The fourth-order valence-electron chi connectivity index (χ4n) is 2.07. The van der Waals surface area contributed by atoms with Crippen LogP contribution in [0.2, 0.25) is 0 Å². The number of sulfonamides is 1. The predicted molar refractivity (Wildman–Crippen MR) is 68.9 cm³/mol. The predicted octanol–water partition coefficient (Wildman–Crippen LogP) is -0.581. The topological polar surface area (TPSA) is 115 Å². The largest absolute Gasteiger partial charge is 0.478 e. The summed E-state index contributed by atoms with van der Waals surface area (Å²) >= 11 is 0. The van der Waals surface area contributed by atoms with Gasteiger partial charge in [0.15, 0.2) is 0 Å². The smallest absolute Gasteiger partial charge is 0.335 e. The number of benzene rings is 1. The fourth-order valence-corrected chi connectivity index (χ4v) is 3.58. The van der Waals surface area contributed by atoms with E-state index in [0.717, 1.165) is 10.4 Å². The van der Waals surface area contributed by atoms with Crippen molar-refractivity contribution >= 4 is 16.0 Å². The number of carbonyl (C=O) groups is 1. The summed E-state index contributed by atoms with van der Waals surface area (Å²) in [6, 6.07) is 3.82. The number of aliphatic hydroxyl groups excluding tert-OH is 2. The Morgan fingerprint density at radius 1 is 1.25 bits per heavy atom. The zero-order chi connectivity index (χ0) is 15.1. The summed E-state index contributed by atoms with van der Waals surface area (Å²) in [5.41, 5.74) is 0.365. The first-order valence-corrected chi connectivity index (χ1v) is 7.37. The van der Waals surface area contributed by atoms with Crippen molar-refractivity contribution in [3.8, 4) is 0 Å². The van der Waals surface area contributed by atoms with Gasteiger partial charge in [-0.15, -0.1) is 0 Å². The highest BCUT2D eigenvalue weighted by molar-refractivity contribution is 7.89. The van der Waals surface area contributed by atoms with Crippen LogP contribution in [-0.4, -0.2) is 59.3 Å². The zero-order valence-electron chi connectivity index (χ0n) is 10.7. The van der Waals surface area contributed by atoms with E-state index in [-0.39, 0.29) is 23.5 Å². The third kappa shape index (κ3) is 2.55. The minimum Gasteiger partial charge on any atom is -0.478 e. The van der Waals surface area contributed by atoms with Crippen molar-refractivity contribution < 1.29 is 28.5 Å². The molecular formula is C12H15NO6S. The Balaban J connectivity index is 2.40. The summed E-state index contributed by atoms with van der Waals surface area (Å²) in [4.78, 5) is 10.9. The van der Waals surface area contributed by atoms with E-state index < -0.39 is 28.2 Å².